The van der Waals surface area contributed by atoms with Crippen molar-refractivity contribution in [3.05, 3.63) is 133 Å². The molecule has 0 bridgehead atoms. The lowest BCUT2D eigenvalue weighted by Crippen LogP contribution is -1.91. The maximum Gasteiger partial charge on any atom is 0.805 e. The van der Waals surface area contributed by atoms with Gasteiger partial charge in [0.05, 0.1) is 0 Å². The molecule has 0 aliphatic rings. The van der Waals surface area contributed by atoms with Gasteiger partial charge in [-0.15, -0.1) is 0 Å². The van der Waals surface area contributed by atoms with Crippen LogP contribution in [0.15, 0.2) is 133 Å². The first kappa shape index (κ1) is 25.2. The van der Waals surface area contributed by atoms with Crippen molar-refractivity contribution in [3.63, 3.8) is 0 Å². The Bertz CT molecular complexity index is 1410. The first-order valence-corrected chi connectivity index (χ1v) is 13.9. The molecule has 0 saturated carbocycles. The molecule has 0 amide bonds. The molecular formula is C30H22O6P2+2. The summed E-state index contributed by atoms with van der Waals surface area (Å²) in [6, 6.07) is 40.5. The maximum absolute atomic E-state index is 12.4. The standard InChI is InChI=1S/C30H22O6P2/c31-37(33-27-18-14-25(15-19-27)23-8-3-1-4-9-23)35-29-12-7-13-30(22-29)36-38(32)34-28-20-16-26(17-21-28)24-10-5-2-6-11-24/h1-22H/q+2. The molecule has 6 nitrogen and oxygen atoms in total. The van der Waals surface area contributed by atoms with Crippen LogP contribution in [0, 0.1) is 0 Å². The van der Waals surface area contributed by atoms with Crippen LogP contribution in [0.1, 0.15) is 0 Å². The van der Waals surface area contributed by atoms with E-state index in [1.54, 1.807) is 42.5 Å². The van der Waals surface area contributed by atoms with Gasteiger partial charge in [0.25, 0.3) is 0 Å². The summed E-state index contributed by atoms with van der Waals surface area (Å²) < 4.78 is 46.5. The molecule has 2 atom stereocenters. The fraction of sp³-hybridized carbons (Fsp3) is 0. The van der Waals surface area contributed by atoms with E-state index in [4.69, 9.17) is 18.1 Å². The van der Waals surface area contributed by atoms with Gasteiger partial charge in [-0.05, 0) is 58.7 Å². The molecule has 0 fully saturated rings. The van der Waals surface area contributed by atoms with Crippen LogP contribution in [0.4, 0.5) is 0 Å². The Balaban J connectivity index is 1.14. The van der Waals surface area contributed by atoms with Gasteiger partial charge in [-0.3, -0.25) is 0 Å². The highest BCUT2D eigenvalue weighted by molar-refractivity contribution is 7.34. The van der Waals surface area contributed by atoms with Crippen molar-refractivity contribution in [1.29, 1.82) is 0 Å². The summed E-state index contributed by atoms with van der Waals surface area (Å²) >= 11 is 0. The summed E-state index contributed by atoms with van der Waals surface area (Å²) in [5, 5.41) is 0. The highest BCUT2D eigenvalue weighted by Gasteiger charge is 2.27. The molecule has 0 heterocycles. The van der Waals surface area contributed by atoms with Crippen LogP contribution in [-0.2, 0) is 9.13 Å². The summed E-state index contributed by atoms with van der Waals surface area (Å²) in [5.41, 5.74) is 4.18. The molecule has 0 spiro atoms. The van der Waals surface area contributed by atoms with Gasteiger partial charge in [0.15, 0.2) is 23.0 Å². The Hall–Kier alpha value is -4.50. The molecule has 2 unspecified atom stereocenters. The van der Waals surface area contributed by atoms with Crippen molar-refractivity contribution < 1.29 is 27.2 Å². The molecule has 0 N–H and O–H groups in total. The van der Waals surface area contributed by atoms with Crippen LogP contribution in [-0.4, -0.2) is 0 Å². The molecule has 186 valence electrons. The Morgan fingerprint density at radius 2 is 0.684 bits per heavy atom. The fourth-order valence-corrected chi connectivity index (χ4v) is 4.88. The van der Waals surface area contributed by atoms with Gasteiger partial charge in [0, 0.05) is 15.2 Å². The van der Waals surface area contributed by atoms with Gasteiger partial charge < -0.3 is 0 Å². The maximum atomic E-state index is 12.4. The number of hydrogen-bond donors (Lipinski definition) is 0. The molecule has 0 radical (unpaired) electrons. The first-order chi connectivity index (χ1) is 18.6. The van der Waals surface area contributed by atoms with Gasteiger partial charge >= 0.3 is 16.5 Å². The van der Waals surface area contributed by atoms with E-state index in [2.05, 4.69) is 0 Å². The molecule has 8 heteroatoms. The molecular weight excluding hydrogens is 518 g/mol. The quantitative estimate of drug-likeness (QED) is 0.164. The Morgan fingerprint density at radius 3 is 1.08 bits per heavy atom. The lowest BCUT2D eigenvalue weighted by molar-refractivity contribution is 0.409. The third kappa shape index (κ3) is 6.83. The molecule has 0 aliphatic heterocycles. The summed E-state index contributed by atoms with van der Waals surface area (Å²) in [6.07, 6.45) is 0. The number of benzene rings is 5. The van der Waals surface area contributed by atoms with E-state index < -0.39 is 16.5 Å². The van der Waals surface area contributed by atoms with Gasteiger partial charge in [-0.25, -0.2) is 18.1 Å². The van der Waals surface area contributed by atoms with E-state index >= 15 is 0 Å². The highest BCUT2D eigenvalue weighted by atomic mass is 31.1. The van der Waals surface area contributed by atoms with Crippen molar-refractivity contribution in [2.24, 2.45) is 0 Å². The molecule has 0 aliphatic carbocycles. The topological polar surface area (TPSA) is 71.1 Å². The van der Waals surface area contributed by atoms with Crippen LogP contribution in [0.5, 0.6) is 23.0 Å². The van der Waals surface area contributed by atoms with E-state index in [9.17, 15) is 9.13 Å². The second-order valence-corrected chi connectivity index (χ2v) is 9.69. The fourth-order valence-electron chi connectivity index (χ4n) is 3.65. The van der Waals surface area contributed by atoms with Crippen molar-refractivity contribution >= 4 is 16.5 Å². The molecule has 0 aromatic heterocycles. The van der Waals surface area contributed by atoms with Crippen LogP contribution in [0.2, 0.25) is 0 Å². The van der Waals surface area contributed by atoms with Gasteiger partial charge in [0.2, 0.25) is 0 Å². The molecule has 5 aromatic carbocycles. The van der Waals surface area contributed by atoms with E-state index in [-0.39, 0.29) is 11.5 Å². The lowest BCUT2D eigenvalue weighted by Gasteiger charge is -2.01. The van der Waals surface area contributed by atoms with E-state index in [0.717, 1.165) is 22.3 Å². The van der Waals surface area contributed by atoms with Gasteiger partial charge in [0.1, 0.15) is 0 Å². The molecule has 5 aromatic rings. The second-order valence-electron chi connectivity index (χ2n) is 8.07. The van der Waals surface area contributed by atoms with Crippen LogP contribution >= 0.6 is 16.5 Å². The highest BCUT2D eigenvalue weighted by Crippen LogP contribution is 2.36. The normalized spacial score (nSPS) is 11.3. The SMILES string of the molecule is O=[P+](Oc1ccc(-c2ccccc2)cc1)Oc1cccc(O[P+](=O)Oc2ccc(-c3ccccc3)cc2)c1. The van der Waals surface area contributed by atoms with E-state index in [1.807, 2.05) is 84.9 Å². The molecule has 38 heavy (non-hydrogen) atoms. The van der Waals surface area contributed by atoms with Gasteiger partial charge in [-0.2, -0.15) is 0 Å². The van der Waals surface area contributed by atoms with Crippen LogP contribution < -0.4 is 18.1 Å². The Morgan fingerprint density at radius 1 is 0.342 bits per heavy atom. The zero-order valence-electron chi connectivity index (χ0n) is 20.0. The molecule has 0 saturated heterocycles. The summed E-state index contributed by atoms with van der Waals surface area (Å²) in [7, 11) is -5.00. The van der Waals surface area contributed by atoms with E-state index in [0.29, 0.717) is 11.5 Å². The van der Waals surface area contributed by atoms with E-state index in [1.165, 1.54) is 6.07 Å². The summed E-state index contributed by atoms with van der Waals surface area (Å²) in [5.74, 6) is 1.29. The van der Waals surface area contributed by atoms with Gasteiger partial charge in [-0.1, -0.05) is 91.0 Å². The zero-order valence-corrected chi connectivity index (χ0v) is 21.8. The first-order valence-electron chi connectivity index (χ1n) is 11.7. The van der Waals surface area contributed by atoms with Crippen molar-refractivity contribution in [2.45, 2.75) is 0 Å². The predicted octanol–water partition coefficient (Wildman–Crippen LogP) is 9.25. The smallest absolute Gasteiger partial charge is 0.222 e. The Labute approximate surface area is 222 Å². The van der Waals surface area contributed by atoms with Crippen molar-refractivity contribution in [3.8, 4) is 45.3 Å². The average molecular weight is 540 g/mol. The Kier molecular flexibility index (Phi) is 8.05. The predicted molar refractivity (Wildman–Crippen MR) is 148 cm³/mol. The van der Waals surface area contributed by atoms with Crippen molar-refractivity contribution in [1.82, 2.24) is 0 Å². The lowest BCUT2D eigenvalue weighted by atomic mass is 10.1. The largest absolute Gasteiger partial charge is 0.805 e. The monoisotopic (exact) mass is 540 g/mol. The number of rotatable bonds is 10. The summed E-state index contributed by atoms with van der Waals surface area (Å²) in [4.78, 5) is 0. The van der Waals surface area contributed by atoms with Crippen LogP contribution in [0.3, 0.4) is 0 Å². The zero-order chi connectivity index (χ0) is 26.2. The third-order valence-corrected chi connectivity index (χ3v) is 6.89. The van der Waals surface area contributed by atoms with Crippen LogP contribution in [0.25, 0.3) is 22.3 Å². The van der Waals surface area contributed by atoms with Crippen molar-refractivity contribution in [2.75, 3.05) is 0 Å². The third-order valence-electron chi connectivity index (χ3n) is 5.45. The summed E-state index contributed by atoms with van der Waals surface area (Å²) in [6.45, 7) is 0. The number of hydrogen-bond acceptors (Lipinski definition) is 6. The minimum absolute atomic E-state index is 0.236. The molecule has 5 rings (SSSR count). The second kappa shape index (κ2) is 12.2. The average Bonchev–Trinajstić information content (AvgIpc) is 2.95. The minimum atomic E-state index is -2.50. The minimum Gasteiger partial charge on any atom is -0.222 e.